The lowest BCUT2D eigenvalue weighted by Gasteiger charge is -2.17. The van der Waals surface area contributed by atoms with Crippen LogP contribution in [-0.2, 0) is 0 Å². The van der Waals surface area contributed by atoms with Crippen molar-refractivity contribution in [3.8, 4) is 22.9 Å². The average molecular weight is 545 g/mol. The maximum atomic E-state index is 6.11. The molecule has 0 atom stereocenters. The molecule has 0 bridgehead atoms. The second-order valence-electron chi connectivity index (χ2n) is 12.2. The summed E-state index contributed by atoms with van der Waals surface area (Å²) in [5.74, 6) is 3.44. The molecule has 2 aromatic heterocycles. The number of aromatic nitrogens is 2. The monoisotopic (exact) mass is 544 g/mol. The minimum atomic E-state index is 0.357. The Bertz CT molecular complexity index is 1350. The normalized spacial score (nSPS) is 12.6. The highest BCUT2D eigenvalue weighted by Crippen LogP contribution is 2.33. The van der Waals surface area contributed by atoms with Crippen LogP contribution < -0.4 is 0 Å². The van der Waals surface area contributed by atoms with E-state index in [9.17, 15) is 0 Å². The molecular formula is C32H36N2O2S2. The zero-order chi connectivity index (χ0) is 26.9. The lowest BCUT2D eigenvalue weighted by atomic mass is 9.94. The maximum absolute atomic E-state index is 6.11. The van der Waals surface area contributed by atoms with Gasteiger partial charge in [-0.2, -0.15) is 0 Å². The third-order valence-electron chi connectivity index (χ3n) is 6.34. The maximum Gasteiger partial charge on any atom is 0.227 e. The molecular weight excluding hydrogens is 508 g/mol. The summed E-state index contributed by atoms with van der Waals surface area (Å²) in [6.45, 7) is 13.7. The minimum Gasteiger partial charge on any atom is -0.436 e. The molecule has 0 radical (unpaired) electrons. The number of fused-ring (bicyclic) bond motifs is 2. The Labute approximate surface area is 234 Å². The van der Waals surface area contributed by atoms with Crippen LogP contribution in [0.3, 0.4) is 0 Å². The quantitative estimate of drug-likeness (QED) is 0.181. The number of benzene rings is 3. The molecule has 5 rings (SSSR count). The molecule has 0 aliphatic heterocycles. The van der Waals surface area contributed by atoms with Crippen molar-refractivity contribution in [2.24, 2.45) is 10.8 Å². The number of hydrogen-bond donors (Lipinski definition) is 0. The first-order valence-corrected chi connectivity index (χ1v) is 15.2. The first-order chi connectivity index (χ1) is 18.0. The molecule has 0 N–H and O–H groups in total. The highest BCUT2D eigenvalue weighted by molar-refractivity contribution is 7.99. The zero-order valence-corrected chi connectivity index (χ0v) is 24.8. The Morgan fingerprint density at radius 1 is 0.579 bits per heavy atom. The predicted octanol–water partition coefficient (Wildman–Crippen LogP) is 10.4. The SMILES string of the molecule is CC(C)(C)CCSc1ccc(-c2nc3cc4nc(-c5ccc(SCCC(C)(C)C)cc5)oc4cc3o2)cc1. The van der Waals surface area contributed by atoms with Gasteiger partial charge in [-0.1, -0.05) is 41.5 Å². The summed E-state index contributed by atoms with van der Waals surface area (Å²) < 4.78 is 12.2. The average Bonchev–Trinajstić information content (AvgIpc) is 3.45. The summed E-state index contributed by atoms with van der Waals surface area (Å²) >= 11 is 3.78. The first-order valence-electron chi connectivity index (χ1n) is 13.2. The molecule has 198 valence electrons. The van der Waals surface area contributed by atoms with Crippen LogP contribution in [0.4, 0.5) is 0 Å². The fourth-order valence-electron chi connectivity index (χ4n) is 3.93. The Kier molecular flexibility index (Phi) is 7.65. The van der Waals surface area contributed by atoms with Crippen LogP contribution in [0.25, 0.3) is 45.1 Å². The van der Waals surface area contributed by atoms with Crippen molar-refractivity contribution in [1.82, 2.24) is 9.97 Å². The van der Waals surface area contributed by atoms with Gasteiger partial charge in [-0.3, -0.25) is 0 Å². The summed E-state index contributed by atoms with van der Waals surface area (Å²) in [5, 5.41) is 0. The fourth-order valence-corrected chi connectivity index (χ4v) is 6.49. The number of rotatable bonds is 8. The summed E-state index contributed by atoms with van der Waals surface area (Å²) in [6.07, 6.45) is 2.37. The van der Waals surface area contributed by atoms with E-state index in [0.717, 1.165) is 33.7 Å². The van der Waals surface area contributed by atoms with Gasteiger partial charge in [-0.05, 0) is 89.8 Å². The van der Waals surface area contributed by atoms with Crippen molar-refractivity contribution in [3.63, 3.8) is 0 Å². The molecule has 6 heteroatoms. The van der Waals surface area contributed by atoms with Crippen LogP contribution in [0.1, 0.15) is 54.4 Å². The Hall–Kier alpha value is -2.70. The van der Waals surface area contributed by atoms with Gasteiger partial charge in [0, 0.05) is 27.0 Å². The van der Waals surface area contributed by atoms with E-state index in [1.165, 1.54) is 22.6 Å². The molecule has 4 nitrogen and oxygen atoms in total. The van der Waals surface area contributed by atoms with Crippen molar-refractivity contribution < 1.29 is 8.83 Å². The van der Waals surface area contributed by atoms with E-state index in [2.05, 4.69) is 90.1 Å². The third kappa shape index (κ3) is 6.83. The summed E-state index contributed by atoms with van der Waals surface area (Å²) in [7, 11) is 0. The predicted molar refractivity (Wildman–Crippen MR) is 162 cm³/mol. The van der Waals surface area contributed by atoms with E-state index in [-0.39, 0.29) is 0 Å². The highest BCUT2D eigenvalue weighted by Gasteiger charge is 2.15. The molecule has 0 fully saturated rings. The second-order valence-corrected chi connectivity index (χ2v) is 14.5. The van der Waals surface area contributed by atoms with Crippen molar-refractivity contribution >= 4 is 45.7 Å². The van der Waals surface area contributed by atoms with E-state index in [4.69, 9.17) is 18.8 Å². The Morgan fingerprint density at radius 2 is 0.974 bits per heavy atom. The topological polar surface area (TPSA) is 52.1 Å². The van der Waals surface area contributed by atoms with Gasteiger partial charge in [0.2, 0.25) is 11.8 Å². The van der Waals surface area contributed by atoms with E-state index >= 15 is 0 Å². The standard InChI is InChI=1S/C32H36N2O2S2/c1-31(2,3)15-17-37-23-11-7-21(8-12-23)29-33-25-19-26-28(20-27(25)35-29)36-30(34-26)22-9-13-24(14-10-22)38-18-16-32(4,5)6/h7-14,19-20H,15-18H2,1-6H3. The van der Waals surface area contributed by atoms with Crippen molar-refractivity contribution in [2.75, 3.05) is 11.5 Å². The lowest BCUT2D eigenvalue weighted by molar-refractivity contribution is 0.401. The molecule has 0 unspecified atom stereocenters. The van der Waals surface area contributed by atoms with E-state index < -0.39 is 0 Å². The van der Waals surface area contributed by atoms with Crippen LogP contribution in [0.2, 0.25) is 0 Å². The van der Waals surface area contributed by atoms with Gasteiger partial charge >= 0.3 is 0 Å². The number of nitrogens with zero attached hydrogens (tertiary/aromatic N) is 2. The lowest BCUT2D eigenvalue weighted by Crippen LogP contribution is -2.05. The largest absolute Gasteiger partial charge is 0.436 e. The molecule has 0 aliphatic carbocycles. The van der Waals surface area contributed by atoms with E-state index in [0.29, 0.717) is 33.8 Å². The number of thioether (sulfide) groups is 2. The van der Waals surface area contributed by atoms with Crippen LogP contribution >= 0.6 is 23.5 Å². The van der Waals surface area contributed by atoms with Gasteiger partial charge in [-0.25, -0.2) is 9.97 Å². The van der Waals surface area contributed by atoms with Gasteiger partial charge in [0.05, 0.1) is 0 Å². The fraction of sp³-hybridized carbons (Fsp3) is 0.375. The smallest absolute Gasteiger partial charge is 0.227 e. The van der Waals surface area contributed by atoms with E-state index in [1.54, 1.807) is 0 Å². The van der Waals surface area contributed by atoms with Crippen molar-refractivity contribution in [2.45, 2.75) is 64.2 Å². The Morgan fingerprint density at radius 3 is 1.34 bits per heavy atom. The molecule has 0 spiro atoms. The molecule has 2 heterocycles. The molecule has 3 aromatic carbocycles. The molecule has 0 aliphatic rings. The summed E-state index contributed by atoms with van der Waals surface area (Å²) in [5.41, 5.74) is 5.60. The van der Waals surface area contributed by atoms with E-state index in [1.807, 2.05) is 35.7 Å². The summed E-state index contributed by atoms with van der Waals surface area (Å²) in [6, 6.07) is 20.7. The van der Waals surface area contributed by atoms with Crippen LogP contribution in [-0.4, -0.2) is 21.5 Å². The Balaban J connectivity index is 1.28. The molecule has 0 saturated carbocycles. The van der Waals surface area contributed by atoms with Gasteiger partial charge < -0.3 is 8.83 Å². The summed E-state index contributed by atoms with van der Waals surface area (Å²) in [4.78, 5) is 12.0. The number of hydrogen-bond acceptors (Lipinski definition) is 6. The molecule has 0 amide bonds. The molecule has 5 aromatic rings. The van der Waals surface area contributed by atoms with Gasteiger partial charge in [-0.15, -0.1) is 23.5 Å². The zero-order valence-electron chi connectivity index (χ0n) is 23.1. The van der Waals surface area contributed by atoms with Crippen LogP contribution in [0, 0.1) is 10.8 Å². The van der Waals surface area contributed by atoms with Crippen LogP contribution in [0.5, 0.6) is 0 Å². The van der Waals surface area contributed by atoms with Gasteiger partial charge in [0.15, 0.2) is 11.2 Å². The molecule has 38 heavy (non-hydrogen) atoms. The molecule has 0 saturated heterocycles. The second kappa shape index (κ2) is 10.8. The van der Waals surface area contributed by atoms with Crippen molar-refractivity contribution in [3.05, 3.63) is 60.7 Å². The van der Waals surface area contributed by atoms with Gasteiger partial charge in [0.25, 0.3) is 0 Å². The van der Waals surface area contributed by atoms with Crippen LogP contribution in [0.15, 0.2) is 79.3 Å². The minimum absolute atomic E-state index is 0.357. The van der Waals surface area contributed by atoms with Crippen molar-refractivity contribution in [1.29, 1.82) is 0 Å². The third-order valence-corrected chi connectivity index (χ3v) is 8.37. The number of oxazole rings is 2. The van der Waals surface area contributed by atoms with Gasteiger partial charge in [0.1, 0.15) is 11.0 Å². The highest BCUT2D eigenvalue weighted by atomic mass is 32.2. The first kappa shape index (κ1) is 26.9.